The summed E-state index contributed by atoms with van der Waals surface area (Å²) < 4.78 is -0.170. The average molecular weight is 468 g/mol. The number of hydrogen-bond acceptors (Lipinski definition) is 3. The van der Waals surface area contributed by atoms with Gasteiger partial charge in [-0.15, -0.1) is 0 Å². The fourth-order valence-electron chi connectivity index (χ4n) is 0.904. The van der Waals surface area contributed by atoms with E-state index in [1.807, 2.05) is 0 Å². The van der Waals surface area contributed by atoms with Crippen molar-refractivity contribution in [3.63, 3.8) is 0 Å². The van der Waals surface area contributed by atoms with Crippen molar-refractivity contribution in [1.29, 1.82) is 0 Å². The van der Waals surface area contributed by atoms with E-state index in [1.165, 1.54) is 6.07 Å². The maximum atomic E-state index is 11.6. The second kappa shape index (κ2) is 5.16. The Balaban J connectivity index is 3.39. The number of alkyl halides is 2. The molecule has 1 aromatic carbocycles. The Morgan fingerprint density at radius 1 is 1.20 bits per heavy atom. The molecule has 0 fully saturated rings. The first kappa shape index (κ1) is 13.5. The van der Waals surface area contributed by atoms with E-state index < -0.39 is 3.74 Å². The van der Waals surface area contributed by atoms with E-state index in [2.05, 4.69) is 63.7 Å². The molecule has 82 valence electrons. The molecule has 0 aliphatic carbocycles. The van der Waals surface area contributed by atoms with Crippen molar-refractivity contribution in [3.05, 3.63) is 20.6 Å². The molecule has 0 heterocycles. The van der Waals surface area contributed by atoms with E-state index in [1.54, 1.807) is 0 Å². The number of carbonyl (C=O) groups is 1. The third-order valence-electron chi connectivity index (χ3n) is 1.63. The number of hydrogen-bond donors (Lipinski definition) is 2. The van der Waals surface area contributed by atoms with E-state index in [9.17, 15) is 15.0 Å². The van der Waals surface area contributed by atoms with Gasteiger partial charge in [-0.25, -0.2) is 0 Å². The minimum atomic E-state index is -0.584. The lowest BCUT2D eigenvalue weighted by Gasteiger charge is -2.09. The normalized spacial score (nSPS) is 10.7. The van der Waals surface area contributed by atoms with Crippen LogP contribution in [0.2, 0.25) is 0 Å². The lowest BCUT2D eigenvalue weighted by Crippen LogP contribution is -2.07. The van der Waals surface area contributed by atoms with Crippen LogP contribution in [0.3, 0.4) is 0 Å². The van der Waals surface area contributed by atoms with Crippen LogP contribution in [0, 0.1) is 0 Å². The third-order valence-corrected chi connectivity index (χ3v) is 3.82. The first-order chi connectivity index (χ1) is 6.86. The predicted molar refractivity (Wildman–Crippen MR) is 71.1 cm³/mol. The van der Waals surface area contributed by atoms with Gasteiger partial charge in [0.25, 0.3) is 0 Å². The zero-order chi connectivity index (χ0) is 11.7. The van der Waals surface area contributed by atoms with Crippen molar-refractivity contribution >= 4 is 69.5 Å². The molecule has 0 unspecified atom stereocenters. The summed E-state index contributed by atoms with van der Waals surface area (Å²) in [6, 6.07) is 1.35. The van der Waals surface area contributed by atoms with Crippen molar-refractivity contribution in [2.24, 2.45) is 0 Å². The van der Waals surface area contributed by atoms with E-state index >= 15 is 0 Å². The molecule has 0 aliphatic rings. The summed E-state index contributed by atoms with van der Waals surface area (Å²) in [4.78, 5) is 11.6. The molecular weight excluding hydrogens is 464 g/mol. The van der Waals surface area contributed by atoms with E-state index in [0.29, 0.717) is 4.47 Å². The predicted octanol–water partition coefficient (Wildman–Crippen LogP) is 3.92. The molecule has 0 saturated carbocycles. The summed E-state index contributed by atoms with van der Waals surface area (Å²) in [5.41, 5.74) is 0.102. The van der Waals surface area contributed by atoms with Gasteiger partial charge in [-0.1, -0.05) is 31.9 Å². The van der Waals surface area contributed by atoms with Crippen LogP contribution in [0.25, 0.3) is 0 Å². The Morgan fingerprint density at radius 3 is 2.20 bits per heavy atom. The van der Waals surface area contributed by atoms with Gasteiger partial charge in [0, 0.05) is 0 Å². The molecule has 0 atom stereocenters. The van der Waals surface area contributed by atoms with Gasteiger partial charge in [0.05, 0.1) is 10.0 Å². The molecule has 1 rings (SSSR count). The number of phenols is 2. The van der Waals surface area contributed by atoms with Gasteiger partial charge in [0.2, 0.25) is 0 Å². The number of halogens is 4. The minimum absolute atomic E-state index is 0.0841. The first-order valence-electron chi connectivity index (χ1n) is 3.58. The Bertz CT molecular complexity index is 417. The van der Waals surface area contributed by atoms with Crippen molar-refractivity contribution in [2.45, 2.75) is 3.74 Å². The quantitative estimate of drug-likeness (QED) is 0.512. The molecule has 0 aromatic heterocycles. The molecule has 0 amide bonds. The van der Waals surface area contributed by atoms with Gasteiger partial charge < -0.3 is 10.2 Å². The molecule has 0 bridgehead atoms. The fraction of sp³-hybridized carbons (Fsp3) is 0.125. The number of phenolic OH excluding ortho intramolecular Hbond substituents is 2. The largest absolute Gasteiger partial charge is 0.506 e. The third kappa shape index (κ3) is 2.75. The molecule has 0 radical (unpaired) electrons. The SMILES string of the molecule is O=C(c1cc(Br)c(O)c(Br)c1O)C(Br)Br. The van der Waals surface area contributed by atoms with E-state index in [0.717, 1.165) is 0 Å². The van der Waals surface area contributed by atoms with Crippen LogP contribution < -0.4 is 0 Å². The Morgan fingerprint density at radius 2 is 1.73 bits per heavy atom. The van der Waals surface area contributed by atoms with Gasteiger partial charge >= 0.3 is 0 Å². The fourth-order valence-corrected chi connectivity index (χ4v) is 2.52. The highest BCUT2D eigenvalue weighted by Gasteiger charge is 2.22. The Kier molecular flexibility index (Phi) is 4.64. The smallest absolute Gasteiger partial charge is 0.190 e. The average Bonchev–Trinajstić information content (AvgIpc) is 2.19. The second-order valence-electron chi connectivity index (χ2n) is 2.58. The highest BCUT2D eigenvalue weighted by atomic mass is 79.9. The monoisotopic (exact) mass is 464 g/mol. The lowest BCUT2D eigenvalue weighted by molar-refractivity contribution is 0.101. The Hall–Kier alpha value is 0.410. The van der Waals surface area contributed by atoms with Gasteiger partial charge in [-0.3, -0.25) is 4.79 Å². The molecular formula is C8H4Br4O3. The van der Waals surface area contributed by atoms with Gasteiger partial charge in [0.15, 0.2) is 5.78 Å². The summed E-state index contributed by atoms with van der Waals surface area (Å²) in [6.45, 7) is 0. The molecule has 0 aliphatic heterocycles. The summed E-state index contributed by atoms with van der Waals surface area (Å²) >= 11 is 12.1. The summed E-state index contributed by atoms with van der Waals surface area (Å²) in [6.07, 6.45) is 0. The van der Waals surface area contributed by atoms with E-state index in [-0.39, 0.29) is 27.3 Å². The number of rotatable bonds is 2. The van der Waals surface area contributed by atoms with Gasteiger partial charge in [-0.05, 0) is 37.9 Å². The molecule has 1 aromatic rings. The molecule has 0 spiro atoms. The highest BCUT2D eigenvalue weighted by Crippen LogP contribution is 2.42. The number of carbonyl (C=O) groups excluding carboxylic acids is 1. The summed E-state index contributed by atoms with van der Waals surface area (Å²) in [5.74, 6) is -0.775. The van der Waals surface area contributed by atoms with Crippen molar-refractivity contribution in [1.82, 2.24) is 0 Å². The summed E-state index contributed by atoms with van der Waals surface area (Å²) in [7, 11) is 0. The van der Waals surface area contributed by atoms with Crippen LogP contribution in [-0.2, 0) is 0 Å². The second-order valence-corrected chi connectivity index (χ2v) is 7.29. The number of aromatic hydroxyl groups is 2. The highest BCUT2D eigenvalue weighted by molar-refractivity contribution is 9.25. The van der Waals surface area contributed by atoms with Gasteiger partial charge in [0.1, 0.15) is 19.7 Å². The number of benzene rings is 1. The standard InChI is InChI=1S/C8H4Br4O3/c9-3-1-2(6(14)8(11)12)5(13)4(10)7(3)15/h1,8,13,15H. The van der Waals surface area contributed by atoms with Gasteiger partial charge in [-0.2, -0.15) is 0 Å². The molecule has 3 nitrogen and oxygen atoms in total. The van der Waals surface area contributed by atoms with Crippen molar-refractivity contribution < 1.29 is 15.0 Å². The Labute approximate surface area is 119 Å². The zero-order valence-electron chi connectivity index (χ0n) is 6.97. The first-order valence-corrected chi connectivity index (χ1v) is 7.00. The van der Waals surface area contributed by atoms with Crippen molar-refractivity contribution in [2.75, 3.05) is 0 Å². The maximum Gasteiger partial charge on any atom is 0.190 e. The molecule has 0 saturated heterocycles. The summed E-state index contributed by atoms with van der Waals surface area (Å²) in [5, 5.41) is 19.1. The van der Waals surface area contributed by atoms with Crippen LogP contribution in [-0.4, -0.2) is 19.7 Å². The zero-order valence-corrected chi connectivity index (χ0v) is 13.3. The topological polar surface area (TPSA) is 57.5 Å². The van der Waals surface area contributed by atoms with Crippen LogP contribution >= 0.6 is 63.7 Å². The van der Waals surface area contributed by atoms with Crippen LogP contribution in [0.4, 0.5) is 0 Å². The molecule has 15 heavy (non-hydrogen) atoms. The van der Waals surface area contributed by atoms with E-state index in [4.69, 9.17) is 0 Å². The van der Waals surface area contributed by atoms with Crippen LogP contribution in [0.5, 0.6) is 11.5 Å². The van der Waals surface area contributed by atoms with Crippen LogP contribution in [0.1, 0.15) is 10.4 Å². The molecule has 2 N–H and O–H groups in total. The maximum absolute atomic E-state index is 11.6. The van der Waals surface area contributed by atoms with Crippen molar-refractivity contribution in [3.8, 4) is 11.5 Å². The lowest BCUT2D eigenvalue weighted by atomic mass is 10.1. The molecule has 7 heteroatoms. The number of Topliss-reactive ketones (excluding diaryl/α,β-unsaturated/α-hetero) is 1. The number of ketones is 1. The van der Waals surface area contributed by atoms with Crippen LogP contribution in [0.15, 0.2) is 15.0 Å². The minimum Gasteiger partial charge on any atom is -0.506 e.